The van der Waals surface area contributed by atoms with E-state index in [1.54, 1.807) is 78.9 Å². The molecular weight excluding hydrogens is 488 g/mol. The molecule has 0 bridgehead atoms. The summed E-state index contributed by atoms with van der Waals surface area (Å²) in [6.07, 6.45) is 0. The van der Waals surface area contributed by atoms with E-state index in [4.69, 9.17) is 9.47 Å². The minimum Gasteiger partial charge on any atom is -0.488 e. The van der Waals surface area contributed by atoms with E-state index in [1.807, 2.05) is 60.7 Å². The molecular formula is C34H30O5. The Morgan fingerprint density at radius 1 is 0.436 bits per heavy atom. The highest BCUT2D eigenvalue weighted by molar-refractivity contribution is 5.51. The first-order valence-corrected chi connectivity index (χ1v) is 12.8. The topological polar surface area (TPSA) is 79.2 Å². The lowest BCUT2D eigenvalue weighted by Gasteiger charge is -2.41. The van der Waals surface area contributed by atoms with Crippen molar-refractivity contribution in [2.45, 2.75) is 24.6 Å². The molecule has 1 unspecified atom stereocenters. The van der Waals surface area contributed by atoms with Gasteiger partial charge in [-0.2, -0.15) is 0 Å². The first-order valence-electron chi connectivity index (χ1n) is 12.8. The van der Waals surface area contributed by atoms with Crippen LogP contribution in [-0.2, 0) is 24.6 Å². The van der Waals surface area contributed by atoms with Crippen molar-refractivity contribution in [3.63, 3.8) is 0 Å². The SMILES string of the molecule is OC(O)(c1ccccc1OCc1ccccc1)C(O)(c1ccccc1)c1ccccc1OCc1ccccc1. The molecule has 39 heavy (non-hydrogen) atoms. The predicted octanol–water partition coefficient (Wildman–Crippen LogP) is 5.92. The third kappa shape index (κ3) is 5.42. The van der Waals surface area contributed by atoms with E-state index in [-0.39, 0.29) is 35.7 Å². The lowest BCUT2D eigenvalue weighted by Crippen LogP contribution is -2.50. The van der Waals surface area contributed by atoms with Crippen LogP contribution in [0, 0.1) is 0 Å². The van der Waals surface area contributed by atoms with Crippen LogP contribution in [0.3, 0.4) is 0 Å². The summed E-state index contributed by atoms with van der Waals surface area (Å²) in [5, 5.41) is 36.4. The molecule has 0 aromatic heterocycles. The zero-order chi connectivity index (χ0) is 27.1. The third-order valence-corrected chi connectivity index (χ3v) is 6.71. The lowest BCUT2D eigenvalue weighted by molar-refractivity contribution is -0.276. The lowest BCUT2D eigenvalue weighted by atomic mass is 9.75. The molecule has 196 valence electrons. The minimum atomic E-state index is -2.81. The van der Waals surface area contributed by atoms with Crippen molar-refractivity contribution in [2.75, 3.05) is 0 Å². The van der Waals surface area contributed by atoms with E-state index in [1.165, 1.54) is 0 Å². The van der Waals surface area contributed by atoms with Crippen LogP contribution < -0.4 is 9.47 Å². The fraction of sp³-hybridized carbons (Fsp3) is 0.118. The maximum absolute atomic E-state index is 12.5. The summed E-state index contributed by atoms with van der Waals surface area (Å²) in [5.74, 6) is -2.25. The molecule has 0 spiro atoms. The summed E-state index contributed by atoms with van der Waals surface area (Å²) in [6.45, 7) is 0.456. The van der Waals surface area contributed by atoms with Crippen LogP contribution in [-0.4, -0.2) is 15.3 Å². The predicted molar refractivity (Wildman–Crippen MR) is 150 cm³/mol. The second-order valence-corrected chi connectivity index (χ2v) is 9.29. The van der Waals surface area contributed by atoms with E-state index < -0.39 is 11.4 Å². The van der Waals surface area contributed by atoms with Crippen LogP contribution in [0.25, 0.3) is 0 Å². The number of aliphatic hydroxyl groups is 3. The van der Waals surface area contributed by atoms with Gasteiger partial charge in [0.15, 0.2) is 5.60 Å². The molecule has 5 rings (SSSR count). The number of hydrogen-bond acceptors (Lipinski definition) is 5. The zero-order valence-corrected chi connectivity index (χ0v) is 21.4. The highest BCUT2D eigenvalue weighted by Crippen LogP contribution is 2.49. The van der Waals surface area contributed by atoms with Crippen molar-refractivity contribution in [2.24, 2.45) is 0 Å². The van der Waals surface area contributed by atoms with Crippen LogP contribution in [0.2, 0.25) is 0 Å². The van der Waals surface area contributed by atoms with Gasteiger partial charge in [0.2, 0.25) is 5.79 Å². The second kappa shape index (κ2) is 11.5. The maximum atomic E-state index is 12.5. The van der Waals surface area contributed by atoms with E-state index in [0.717, 1.165) is 11.1 Å². The number of para-hydroxylation sites is 2. The summed E-state index contributed by atoms with van der Waals surface area (Å²) in [5.41, 5.74) is 0.0401. The van der Waals surface area contributed by atoms with Gasteiger partial charge in [0.1, 0.15) is 24.7 Å². The Bertz CT molecular complexity index is 1490. The number of benzene rings is 5. The minimum absolute atomic E-state index is 0.0187. The van der Waals surface area contributed by atoms with E-state index in [2.05, 4.69) is 0 Å². The van der Waals surface area contributed by atoms with Gasteiger partial charge in [-0.25, -0.2) is 0 Å². The van der Waals surface area contributed by atoms with Crippen molar-refractivity contribution in [1.82, 2.24) is 0 Å². The maximum Gasteiger partial charge on any atom is 0.232 e. The molecule has 0 saturated carbocycles. The van der Waals surface area contributed by atoms with Gasteiger partial charge in [0.25, 0.3) is 0 Å². The first kappa shape index (κ1) is 26.2. The molecule has 0 fully saturated rings. The fourth-order valence-electron chi connectivity index (χ4n) is 4.66. The number of hydrogen-bond donors (Lipinski definition) is 3. The molecule has 5 nitrogen and oxygen atoms in total. The van der Waals surface area contributed by atoms with E-state index >= 15 is 0 Å². The number of rotatable bonds is 10. The van der Waals surface area contributed by atoms with Gasteiger partial charge in [-0.3, -0.25) is 0 Å². The third-order valence-electron chi connectivity index (χ3n) is 6.71. The molecule has 1 atom stereocenters. The van der Waals surface area contributed by atoms with Crippen LogP contribution in [0.4, 0.5) is 0 Å². The van der Waals surface area contributed by atoms with E-state index in [0.29, 0.717) is 5.75 Å². The average Bonchev–Trinajstić information content (AvgIpc) is 3.00. The molecule has 5 aromatic rings. The zero-order valence-electron chi connectivity index (χ0n) is 21.4. The van der Waals surface area contributed by atoms with Gasteiger partial charge in [-0.15, -0.1) is 0 Å². The van der Waals surface area contributed by atoms with Gasteiger partial charge >= 0.3 is 0 Å². The Balaban J connectivity index is 1.59. The van der Waals surface area contributed by atoms with Gasteiger partial charge in [0, 0.05) is 5.56 Å². The quantitative estimate of drug-likeness (QED) is 0.200. The van der Waals surface area contributed by atoms with Crippen molar-refractivity contribution in [1.29, 1.82) is 0 Å². The van der Waals surface area contributed by atoms with Crippen molar-refractivity contribution in [3.05, 3.63) is 167 Å². The Kier molecular flexibility index (Phi) is 7.75. The van der Waals surface area contributed by atoms with Crippen LogP contribution >= 0.6 is 0 Å². The number of ether oxygens (including phenoxy) is 2. The van der Waals surface area contributed by atoms with Crippen LogP contribution in [0.1, 0.15) is 27.8 Å². The average molecular weight is 519 g/mol. The Morgan fingerprint density at radius 2 is 0.821 bits per heavy atom. The molecule has 0 aliphatic heterocycles. The summed E-state index contributed by atoms with van der Waals surface area (Å²) < 4.78 is 12.2. The molecule has 0 aliphatic rings. The molecule has 5 aromatic carbocycles. The van der Waals surface area contributed by atoms with Gasteiger partial charge in [0.05, 0.1) is 5.56 Å². The molecule has 3 N–H and O–H groups in total. The summed E-state index contributed by atoms with van der Waals surface area (Å²) in [4.78, 5) is 0. The Labute approximate surface area is 228 Å². The fourth-order valence-corrected chi connectivity index (χ4v) is 4.66. The van der Waals surface area contributed by atoms with Crippen molar-refractivity contribution < 1.29 is 24.8 Å². The molecule has 0 saturated heterocycles. The van der Waals surface area contributed by atoms with Gasteiger partial charge in [-0.05, 0) is 34.9 Å². The Hall–Kier alpha value is -4.42. The summed E-state index contributed by atoms with van der Waals surface area (Å²) in [6, 6.07) is 41.3. The largest absolute Gasteiger partial charge is 0.488 e. The Morgan fingerprint density at radius 3 is 1.33 bits per heavy atom. The highest BCUT2D eigenvalue weighted by atomic mass is 16.5. The summed E-state index contributed by atoms with van der Waals surface area (Å²) >= 11 is 0. The second-order valence-electron chi connectivity index (χ2n) is 9.29. The van der Waals surface area contributed by atoms with Crippen molar-refractivity contribution in [3.8, 4) is 11.5 Å². The standard InChI is InChI=1S/C34H30O5/c35-33(28-18-8-3-9-19-28,29-20-10-12-22-31(29)38-24-26-14-4-1-5-15-26)34(36,37)30-21-11-13-23-32(30)39-25-27-16-6-2-7-17-27/h1-23,35-37H,24-25H2. The molecule has 0 aliphatic carbocycles. The molecule has 0 radical (unpaired) electrons. The highest BCUT2D eigenvalue weighted by Gasteiger charge is 2.55. The van der Waals surface area contributed by atoms with Crippen molar-refractivity contribution >= 4 is 0 Å². The van der Waals surface area contributed by atoms with E-state index in [9.17, 15) is 15.3 Å². The smallest absolute Gasteiger partial charge is 0.232 e. The van der Waals surface area contributed by atoms with Gasteiger partial charge in [-0.1, -0.05) is 121 Å². The normalized spacial score (nSPS) is 12.9. The van der Waals surface area contributed by atoms with Crippen LogP contribution in [0.15, 0.2) is 140 Å². The van der Waals surface area contributed by atoms with Crippen LogP contribution in [0.5, 0.6) is 11.5 Å². The molecule has 5 heteroatoms. The van der Waals surface area contributed by atoms with Gasteiger partial charge < -0.3 is 24.8 Å². The molecule has 0 heterocycles. The summed E-state index contributed by atoms with van der Waals surface area (Å²) in [7, 11) is 0. The molecule has 0 amide bonds. The monoisotopic (exact) mass is 518 g/mol. The first-order chi connectivity index (χ1) is 19.0.